The van der Waals surface area contributed by atoms with Gasteiger partial charge in [0.25, 0.3) is 5.91 Å². The van der Waals surface area contributed by atoms with Crippen LogP contribution in [0.2, 0.25) is 0 Å². The Morgan fingerprint density at radius 2 is 1.85 bits per heavy atom. The van der Waals surface area contributed by atoms with Gasteiger partial charge in [0, 0.05) is 13.1 Å². The lowest BCUT2D eigenvalue weighted by atomic mass is 10.2. The van der Waals surface area contributed by atoms with E-state index in [1.807, 2.05) is 73.5 Å². The van der Waals surface area contributed by atoms with Crippen LogP contribution in [0.5, 0.6) is 0 Å². The Morgan fingerprint density at radius 1 is 1.15 bits per heavy atom. The van der Waals surface area contributed by atoms with Crippen LogP contribution in [0.15, 0.2) is 47.8 Å². The Hall–Kier alpha value is -2.44. The van der Waals surface area contributed by atoms with Crippen molar-refractivity contribution < 1.29 is 9.53 Å². The van der Waals surface area contributed by atoms with Crippen molar-refractivity contribution >= 4 is 17.2 Å². The Bertz CT molecular complexity index is 921. The molecule has 3 heterocycles. The molecule has 0 spiro atoms. The van der Waals surface area contributed by atoms with Crippen LogP contribution in [-0.2, 0) is 4.74 Å². The summed E-state index contributed by atoms with van der Waals surface area (Å²) in [5.74, 6) is -0.00659. The summed E-state index contributed by atoms with van der Waals surface area (Å²) in [4.78, 5) is 16.3. The maximum atomic E-state index is 13.3. The van der Waals surface area contributed by atoms with Crippen molar-refractivity contribution in [1.29, 1.82) is 0 Å². The number of nitrogens with zero attached hydrogens (tertiary/aromatic N) is 3. The molecule has 0 radical (unpaired) electrons. The minimum Gasteiger partial charge on any atom is -0.372 e. The number of ether oxygens (including phenoxy) is 1. The summed E-state index contributed by atoms with van der Waals surface area (Å²) in [7, 11) is 0. The molecule has 4 rings (SSSR count). The van der Waals surface area contributed by atoms with Gasteiger partial charge in [-0.2, -0.15) is 5.10 Å². The van der Waals surface area contributed by atoms with Crippen molar-refractivity contribution in [2.45, 2.75) is 33.0 Å². The predicted octanol–water partition coefficient (Wildman–Crippen LogP) is 4.16. The molecular formula is C21H23N3O2S. The van der Waals surface area contributed by atoms with Gasteiger partial charge < -0.3 is 9.64 Å². The third-order valence-electron chi connectivity index (χ3n) is 4.69. The Labute approximate surface area is 163 Å². The first-order valence-electron chi connectivity index (χ1n) is 9.17. The quantitative estimate of drug-likeness (QED) is 0.684. The second-order valence-corrected chi connectivity index (χ2v) is 8.05. The lowest BCUT2D eigenvalue weighted by Crippen LogP contribution is -2.48. The molecule has 2 aromatic heterocycles. The van der Waals surface area contributed by atoms with Gasteiger partial charge in [-0.25, -0.2) is 4.68 Å². The van der Waals surface area contributed by atoms with Crippen LogP contribution in [0.1, 0.15) is 29.9 Å². The van der Waals surface area contributed by atoms with Gasteiger partial charge in [0.1, 0.15) is 11.4 Å². The van der Waals surface area contributed by atoms with Crippen LogP contribution in [0.3, 0.4) is 0 Å². The van der Waals surface area contributed by atoms with E-state index in [0.29, 0.717) is 18.8 Å². The number of hydrogen-bond donors (Lipinski definition) is 0. The van der Waals surface area contributed by atoms with E-state index >= 15 is 0 Å². The van der Waals surface area contributed by atoms with E-state index in [1.54, 1.807) is 16.0 Å². The standard InChI is InChI=1S/C21H23N3O2S/c1-14-6-8-17(9-7-14)24-19(11-18(22-24)20-5-4-10-27-20)21(25)23-12-15(2)26-16(3)13-23/h4-11,15-16H,12-13H2,1-3H3. The van der Waals surface area contributed by atoms with Gasteiger partial charge in [-0.05, 0) is 50.4 Å². The third kappa shape index (κ3) is 3.68. The van der Waals surface area contributed by atoms with Crippen LogP contribution in [0.25, 0.3) is 16.3 Å². The molecule has 1 aliphatic heterocycles. The normalized spacial score (nSPS) is 20.0. The van der Waals surface area contributed by atoms with Crippen molar-refractivity contribution in [2.24, 2.45) is 0 Å². The van der Waals surface area contributed by atoms with Crippen molar-refractivity contribution in [2.75, 3.05) is 13.1 Å². The molecule has 3 aromatic rings. The van der Waals surface area contributed by atoms with Crippen LogP contribution >= 0.6 is 11.3 Å². The smallest absolute Gasteiger partial charge is 0.272 e. The number of morpholine rings is 1. The van der Waals surface area contributed by atoms with E-state index in [0.717, 1.165) is 16.3 Å². The molecule has 1 aromatic carbocycles. The average Bonchev–Trinajstić information content (AvgIpc) is 3.30. The van der Waals surface area contributed by atoms with E-state index in [4.69, 9.17) is 9.84 Å². The number of benzene rings is 1. The molecule has 2 atom stereocenters. The average molecular weight is 382 g/mol. The van der Waals surface area contributed by atoms with Gasteiger partial charge >= 0.3 is 0 Å². The SMILES string of the molecule is Cc1ccc(-n2nc(-c3cccs3)cc2C(=O)N2CC(C)OC(C)C2)cc1. The first-order valence-corrected chi connectivity index (χ1v) is 10.0. The fourth-order valence-corrected chi connectivity index (χ4v) is 4.15. The second kappa shape index (κ2) is 7.29. The van der Waals surface area contributed by atoms with Crippen molar-refractivity contribution in [3.63, 3.8) is 0 Å². The van der Waals surface area contributed by atoms with Crippen molar-refractivity contribution in [1.82, 2.24) is 14.7 Å². The van der Waals surface area contributed by atoms with E-state index in [9.17, 15) is 4.79 Å². The predicted molar refractivity (Wildman–Crippen MR) is 108 cm³/mol. The molecule has 6 heteroatoms. The lowest BCUT2D eigenvalue weighted by molar-refractivity contribution is -0.0588. The highest BCUT2D eigenvalue weighted by Gasteiger charge is 2.29. The molecule has 2 unspecified atom stereocenters. The summed E-state index contributed by atoms with van der Waals surface area (Å²) >= 11 is 1.62. The lowest BCUT2D eigenvalue weighted by Gasteiger charge is -2.35. The van der Waals surface area contributed by atoms with Gasteiger partial charge in [-0.3, -0.25) is 4.79 Å². The minimum atomic E-state index is -0.00659. The van der Waals surface area contributed by atoms with Crippen LogP contribution < -0.4 is 0 Å². The topological polar surface area (TPSA) is 47.4 Å². The second-order valence-electron chi connectivity index (χ2n) is 7.11. The van der Waals surface area contributed by atoms with Crippen LogP contribution in [0, 0.1) is 6.92 Å². The van der Waals surface area contributed by atoms with E-state index in [1.165, 1.54) is 5.56 Å². The molecule has 1 fully saturated rings. The van der Waals surface area contributed by atoms with E-state index in [2.05, 4.69) is 0 Å². The zero-order valence-corrected chi connectivity index (χ0v) is 16.6. The Balaban J connectivity index is 1.76. The largest absolute Gasteiger partial charge is 0.372 e. The number of hydrogen-bond acceptors (Lipinski definition) is 4. The first kappa shape index (κ1) is 17.9. The highest BCUT2D eigenvalue weighted by Crippen LogP contribution is 2.27. The monoisotopic (exact) mass is 381 g/mol. The molecule has 5 nitrogen and oxygen atoms in total. The number of aromatic nitrogens is 2. The van der Waals surface area contributed by atoms with Gasteiger partial charge in [-0.1, -0.05) is 23.8 Å². The molecule has 0 saturated carbocycles. The maximum absolute atomic E-state index is 13.3. The van der Waals surface area contributed by atoms with Gasteiger partial charge in [0.2, 0.25) is 0 Å². The summed E-state index contributed by atoms with van der Waals surface area (Å²) in [6.45, 7) is 7.24. The Kier molecular flexibility index (Phi) is 4.85. The molecular weight excluding hydrogens is 358 g/mol. The van der Waals surface area contributed by atoms with Crippen LogP contribution in [-0.4, -0.2) is 45.9 Å². The summed E-state index contributed by atoms with van der Waals surface area (Å²) in [6.07, 6.45) is 0.0652. The number of thiophene rings is 1. The highest BCUT2D eigenvalue weighted by molar-refractivity contribution is 7.13. The molecule has 1 amide bonds. The molecule has 1 saturated heterocycles. The van der Waals surface area contributed by atoms with Gasteiger partial charge in [-0.15, -0.1) is 11.3 Å². The molecule has 0 N–H and O–H groups in total. The zero-order valence-electron chi connectivity index (χ0n) is 15.8. The van der Waals surface area contributed by atoms with Crippen molar-refractivity contribution in [3.8, 4) is 16.3 Å². The van der Waals surface area contributed by atoms with Gasteiger partial charge in [0.05, 0.1) is 22.8 Å². The summed E-state index contributed by atoms with van der Waals surface area (Å²) < 4.78 is 7.55. The number of carbonyl (C=O) groups excluding carboxylic acids is 1. The zero-order chi connectivity index (χ0) is 19.0. The van der Waals surface area contributed by atoms with Crippen molar-refractivity contribution in [3.05, 3.63) is 59.1 Å². The summed E-state index contributed by atoms with van der Waals surface area (Å²) in [5, 5.41) is 6.78. The van der Waals surface area contributed by atoms with E-state index < -0.39 is 0 Å². The molecule has 27 heavy (non-hydrogen) atoms. The first-order chi connectivity index (χ1) is 13.0. The fourth-order valence-electron chi connectivity index (χ4n) is 3.47. The van der Waals surface area contributed by atoms with Gasteiger partial charge in [0.15, 0.2) is 0 Å². The number of amides is 1. The molecule has 0 aliphatic carbocycles. The summed E-state index contributed by atoms with van der Waals surface area (Å²) in [6, 6.07) is 14.0. The summed E-state index contributed by atoms with van der Waals surface area (Å²) in [5.41, 5.74) is 3.47. The third-order valence-corrected chi connectivity index (χ3v) is 5.58. The highest BCUT2D eigenvalue weighted by atomic mass is 32.1. The molecule has 1 aliphatic rings. The maximum Gasteiger partial charge on any atom is 0.272 e. The fraction of sp³-hybridized carbons (Fsp3) is 0.333. The van der Waals surface area contributed by atoms with E-state index in [-0.39, 0.29) is 18.1 Å². The molecule has 0 bridgehead atoms. The number of aryl methyl sites for hydroxylation is 1. The number of rotatable bonds is 3. The van der Waals surface area contributed by atoms with Crippen LogP contribution in [0.4, 0.5) is 0 Å². The minimum absolute atomic E-state index is 0.00659. The molecule has 140 valence electrons. The Morgan fingerprint density at radius 3 is 2.48 bits per heavy atom. The number of carbonyl (C=O) groups is 1.